The highest BCUT2D eigenvalue weighted by atomic mass is 15.6. The molecule has 14 heavy (non-hydrogen) atoms. The average Bonchev–Trinajstić information content (AvgIpc) is 2.51. The van der Waals surface area contributed by atoms with Crippen molar-refractivity contribution in [2.45, 2.75) is 50.9 Å². The van der Waals surface area contributed by atoms with E-state index in [2.05, 4.69) is 15.4 Å². The van der Waals surface area contributed by atoms with E-state index in [4.69, 9.17) is 0 Å². The van der Waals surface area contributed by atoms with Crippen molar-refractivity contribution in [3.8, 4) is 0 Å². The van der Waals surface area contributed by atoms with Crippen LogP contribution < -0.4 is 0 Å². The Kier molecular flexibility index (Phi) is 3.11. The maximum atomic E-state index is 4.30. The summed E-state index contributed by atoms with van der Waals surface area (Å²) in [6.07, 6.45) is 9.28. The largest absolute Gasteiger partial charge is 0.177 e. The van der Waals surface area contributed by atoms with Crippen molar-refractivity contribution in [2.24, 2.45) is 7.05 Å². The Balaban J connectivity index is 2.00. The summed E-state index contributed by atoms with van der Waals surface area (Å²) in [5.74, 6) is 1.51. The van der Waals surface area contributed by atoms with E-state index in [0.717, 1.165) is 5.82 Å². The summed E-state index contributed by atoms with van der Waals surface area (Å²) in [4.78, 5) is 1.56. The highest BCUT2D eigenvalue weighted by Crippen LogP contribution is 2.28. The van der Waals surface area contributed by atoms with Gasteiger partial charge in [-0.1, -0.05) is 32.1 Å². The standard InChI is InChI=1S/C10H18N4/c1-14-12-10(11-13-14)9-7-5-3-2-4-6-8-9/h9H,2-8H2,1H3. The predicted octanol–water partition coefficient (Wildman–Crippen LogP) is 2.04. The summed E-state index contributed by atoms with van der Waals surface area (Å²) >= 11 is 0. The Bertz CT molecular complexity index is 273. The minimum atomic E-state index is 0.559. The van der Waals surface area contributed by atoms with E-state index in [1.54, 1.807) is 4.80 Å². The molecule has 0 aromatic carbocycles. The fourth-order valence-corrected chi connectivity index (χ4v) is 2.18. The summed E-state index contributed by atoms with van der Waals surface area (Å²) < 4.78 is 0. The van der Waals surface area contributed by atoms with Crippen LogP contribution >= 0.6 is 0 Å². The Morgan fingerprint density at radius 1 is 1.07 bits per heavy atom. The van der Waals surface area contributed by atoms with Crippen LogP contribution in [0, 0.1) is 0 Å². The van der Waals surface area contributed by atoms with E-state index < -0.39 is 0 Å². The molecule has 78 valence electrons. The van der Waals surface area contributed by atoms with Gasteiger partial charge in [-0.05, 0) is 18.1 Å². The SMILES string of the molecule is Cn1nnc(C2CCCCCCC2)n1. The molecular formula is C10H18N4. The van der Waals surface area contributed by atoms with E-state index in [1.807, 2.05) is 7.05 Å². The lowest BCUT2D eigenvalue weighted by Crippen LogP contribution is -2.05. The molecule has 0 spiro atoms. The molecule has 0 atom stereocenters. The molecule has 0 saturated heterocycles. The number of tetrazole rings is 1. The molecule has 0 amide bonds. The van der Waals surface area contributed by atoms with Crippen molar-refractivity contribution in [1.82, 2.24) is 20.2 Å². The second-order valence-electron chi connectivity index (χ2n) is 4.18. The molecule has 1 heterocycles. The summed E-state index contributed by atoms with van der Waals surface area (Å²) in [5, 5.41) is 12.3. The molecule has 4 nitrogen and oxygen atoms in total. The first-order chi connectivity index (χ1) is 6.86. The van der Waals surface area contributed by atoms with E-state index >= 15 is 0 Å². The monoisotopic (exact) mass is 194 g/mol. The minimum Gasteiger partial charge on any atom is -0.167 e. The number of aromatic nitrogens is 4. The normalized spacial score (nSPS) is 20.4. The highest BCUT2D eigenvalue weighted by molar-refractivity contribution is 4.91. The predicted molar refractivity (Wildman–Crippen MR) is 53.9 cm³/mol. The molecule has 4 heteroatoms. The number of hydrogen-bond donors (Lipinski definition) is 0. The zero-order chi connectivity index (χ0) is 9.80. The van der Waals surface area contributed by atoms with Gasteiger partial charge in [0.25, 0.3) is 0 Å². The molecular weight excluding hydrogens is 176 g/mol. The van der Waals surface area contributed by atoms with E-state index in [1.165, 1.54) is 44.9 Å². The fraction of sp³-hybridized carbons (Fsp3) is 0.900. The first kappa shape index (κ1) is 9.62. The van der Waals surface area contributed by atoms with Crippen molar-refractivity contribution in [3.63, 3.8) is 0 Å². The van der Waals surface area contributed by atoms with Gasteiger partial charge in [-0.3, -0.25) is 0 Å². The minimum absolute atomic E-state index is 0.559. The van der Waals surface area contributed by atoms with Crippen LogP contribution in [-0.4, -0.2) is 20.2 Å². The maximum absolute atomic E-state index is 4.30. The van der Waals surface area contributed by atoms with Crippen molar-refractivity contribution >= 4 is 0 Å². The van der Waals surface area contributed by atoms with Crippen LogP contribution in [0.3, 0.4) is 0 Å². The van der Waals surface area contributed by atoms with Crippen molar-refractivity contribution in [3.05, 3.63) is 5.82 Å². The van der Waals surface area contributed by atoms with Gasteiger partial charge in [-0.25, -0.2) is 0 Å². The maximum Gasteiger partial charge on any atom is 0.177 e. The second-order valence-corrected chi connectivity index (χ2v) is 4.18. The molecule has 1 saturated carbocycles. The first-order valence-electron chi connectivity index (χ1n) is 5.60. The lowest BCUT2D eigenvalue weighted by Gasteiger charge is -2.15. The fourth-order valence-electron chi connectivity index (χ4n) is 2.18. The van der Waals surface area contributed by atoms with Crippen molar-refractivity contribution in [2.75, 3.05) is 0 Å². The van der Waals surface area contributed by atoms with E-state index in [9.17, 15) is 0 Å². The highest BCUT2D eigenvalue weighted by Gasteiger charge is 2.17. The molecule has 0 radical (unpaired) electrons. The number of rotatable bonds is 1. The van der Waals surface area contributed by atoms with Crippen LogP contribution in [-0.2, 0) is 7.05 Å². The third-order valence-electron chi connectivity index (χ3n) is 2.99. The van der Waals surface area contributed by atoms with Crippen LogP contribution in [0.4, 0.5) is 0 Å². The van der Waals surface area contributed by atoms with Gasteiger partial charge in [-0.2, -0.15) is 4.80 Å². The Morgan fingerprint density at radius 2 is 1.71 bits per heavy atom. The lowest BCUT2D eigenvalue weighted by atomic mass is 9.91. The van der Waals surface area contributed by atoms with Crippen molar-refractivity contribution in [1.29, 1.82) is 0 Å². The van der Waals surface area contributed by atoms with Gasteiger partial charge in [0.05, 0.1) is 7.05 Å². The molecule has 0 N–H and O–H groups in total. The van der Waals surface area contributed by atoms with E-state index in [-0.39, 0.29) is 0 Å². The molecule has 0 aliphatic heterocycles. The zero-order valence-electron chi connectivity index (χ0n) is 8.82. The zero-order valence-corrected chi connectivity index (χ0v) is 8.82. The van der Waals surface area contributed by atoms with Gasteiger partial charge in [0.15, 0.2) is 5.82 Å². The molecule has 0 unspecified atom stereocenters. The van der Waals surface area contributed by atoms with Crippen molar-refractivity contribution < 1.29 is 0 Å². The van der Waals surface area contributed by atoms with Gasteiger partial charge < -0.3 is 0 Å². The third kappa shape index (κ3) is 2.30. The molecule has 1 aliphatic carbocycles. The van der Waals surface area contributed by atoms with Gasteiger partial charge in [0.2, 0.25) is 0 Å². The molecule has 1 fully saturated rings. The molecule has 0 bridgehead atoms. The quantitative estimate of drug-likeness (QED) is 0.687. The number of hydrogen-bond acceptors (Lipinski definition) is 3. The number of nitrogens with zero attached hydrogens (tertiary/aromatic N) is 4. The van der Waals surface area contributed by atoms with E-state index in [0.29, 0.717) is 5.92 Å². The molecule has 1 aromatic heterocycles. The molecule has 2 rings (SSSR count). The van der Waals surface area contributed by atoms with Crippen LogP contribution in [0.1, 0.15) is 56.7 Å². The average molecular weight is 194 g/mol. The van der Waals surface area contributed by atoms with Crippen LogP contribution in [0.25, 0.3) is 0 Å². The smallest absolute Gasteiger partial charge is 0.167 e. The lowest BCUT2D eigenvalue weighted by molar-refractivity contribution is 0.441. The van der Waals surface area contributed by atoms with Gasteiger partial charge in [0.1, 0.15) is 0 Å². The second kappa shape index (κ2) is 4.53. The first-order valence-corrected chi connectivity index (χ1v) is 5.60. The Labute approximate surface area is 84.7 Å². The van der Waals surface area contributed by atoms with Gasteiger partial charge >= 0.3 is 0 Å². The van der Waals surface area contributed by atoms with Crippen LogP contribution in [0.15, 0.2) is 0 Å². The van der Waals surface area contributed by atoms with Gasteiger partial charge in [-0.15, -0.1) is 10.2 Å². The molecule has 1 aliphatic rings. The Morgan fingerprint density at radius 3 is 2.29 bits per heavy atom. The van der Waals surface area contributed by atoms with Gasteiger partial charge in [0, 0.05) is 5.92 Å². The summed E-state index contributed by atoms with van der Waals surface area (Å²) in [6, 6.07) is 0. The molecule has 1 aromatic rings. The summed E-state index contributed by atoms with van der Waals surface area (Å²) in [6.45, 7) is 0. The Hall–Kier alpha value is -0.930. The third-order valence-corrected chi connectivity index (χ3v) is 2.99. The summed E-state index contributed by atoms with van der Waals surface area (Å²) in [5.41, 5.74) is 0. The van der Waals surface area contributed by atoms with Crippen LogP contribution in [0.2, 0.25) is 0 Å². The van der Waals surface area contributed by atoms with Crippen LogP contribution in [0.5, 0.6) is 0 Å². The topological polar surface area (TPSA) is 43.6 Å². The summed E-state index contributed by atoms with van der Waals surface area (Å²) in [7, 11) is 1.83. The number of aryl methyl sites for hydroxylation is 1.